The van der Waals surface area contributed by atoms with E-state index in [-0.39, 0.29) is 11.3 Å². The summed E-state index contributed by atoms with van der Waals surface area (Å²) in [6, 6.07) is 2.32. The van der Waals surface area contributed by atoms with Gasteiger partial charge in [0.1, 0.15) is 9.84 Å². The zero-order chi connectivity index (χ0) is 14.8. The standard InChI is InChI=1S/C15H24N2O2S/c1-11-7-13(10-17-9-11)15(16-2)12-5-4-6-14(8-12)20(3,18)19/h7,9-10,12,14-16H,4-6,8H2,1-3H3. The Morgan fingerprint density at radius 1 is 1.35 bits per heavy atom. The second-order valence-electron chi connectivity index (χ2n) is 5.94. The topological polar surface area (TPSA) is 59.1 Å². The Labute approximate surface area is 121 Å². The average Bonchev–Trinajstić information content (AvgIpc) is 2.39. The summed E-state index contributed by atoms with van der Waals surface area (Å²) in [7, 11) is -0.993. The van der Waals surface area contributed by atoms with Gasteiger partial charge in [-0.1, -0.05) is 12.5 Å². The van der Waals surface area contributed by atoms with Crippen molar-refractivity contribution in [1.29, 1.82) is 0 Å². The molecular weight excluding hydrogens is 272 g/mol. The summed E-state index contributed by atoms with van der Waals surface area (Å²) in [6.07, 6.45) is 8.71. The van der Waals surface area contributed by atoms with E-state index in [1.807, 2.05) is 26.4 Å². The first kappa shape index (κ1) is 15.4. The summed E-state index contributed by atoms with van der Waals surface area (Å²) in [6.45, 7) is 2.03. The first-order valence-electron chi connectivity index (χ1n) is 7.19. The van der Waals surface area contributed by atoms with Crippen LogP contribution in [0.3, 0.4) is 0 Å². The van der Waals surface area contributed by atoms with Crippen molar-refractivity contribution in [2.45, 2.75) is 43.9 Å². The Morgan fingerprint density at radius 2 is 2.10 bits per heavy atom. The van der Waals surface area contributed by atoms with Crippen LogP contribution in [0, 0.1) is 12.8 Å². The predicted octanol–water partition coefficient (Wildman–Crippen LogP) is 2.25. The van der Waals surface area contributed by atoms with Gasteiger partial charge in [-0.25, -0.2) is 8.42 Å². The van der Waals surface area contributed by atoms with Crippen molar-refractivity contribution >= 4 is 9.84 Å². The van der Waals surface area contributed by atoms with Crippen LogP contribution in [-0.4, -0.2) is 32.0 Å². The molecule has 1 fully saturated rings. The highest BCUT2D eigenvalue weighted by molar-refractivity contribution is 7.91. The maximum atomic E-state index is 11.8. The van der Waals surface area contributed by atoms with Crippen molar-refractivity contribution in [2.24, 2.45) is 5.92 Å². The number of rotatable bonds is 4. The van der Waals surface area contributed by atoms with E-state index in [0.29, 0.717) is 5.92 Å². The lowest BCUT2D eigenvalue weighted by Gasteiger charge is -2.34. The van der Waals surface area contributed by atoms with Gasteiger partial charge in [0.25, 0.3) is 0 Å². The molecule has 2 rings (SSSR count). The molecule has 0 spiro atoms. The number of hydrogen-bond acceptors (Lipinski definition) is 4. The van der Waals surface area contributed by atoms with Crippen LogP contribution < -0.4 is 5.32 Å². The molecule has 1 aliphatic rings. The highest BCUT2D eigenvalue weighted by Gasteiger charge is 2.33. The van der Waals surface area contributed by atoms with Gasteiger partial charge in [0.2, 0.25) is 0 Å². The van der Waals surface area contributed by atoms with Crippen molar-refractivity contribution in [3.8, 4) is 0 Å². The molecule has 112 valence electrons. The molecular formula is C15H24N2O2S. The van der Waals surface area contributed by atoms with Crippen LogP contribution in [0.2, 0.25) is 0 Å². The van der Waals surface area contributed by atoms with E-state index in [9.17, 15) is 8.42 Å². The quantitative estimate of drug-likeness (QED) is 0.926. The molecule has 1 aromatic rings. The molecule has 0 aliphatic heterocycles. The fourth-order valence-electron chi connectivity index (χ4n) is 3.30. The van der Waals surface area contributed by atoms with Crippen molar-refractivity contribution in [3.63, 3.8) is 0 Å². The third-order valence-corrected chi connectivity index (χ3v) is 5.95. The smallest absolute Gasteiger partial charge is 0.150 e. The molecule has 1 saturated carbocycles. The molecule has 1 heterocycles. The third kappa shape index (κ3) is 3.58. The lowest BCUT2D eigenvalue weighted by atomic mass is 9.81. The van der Waals surface area contributed by atoms with Gasteiger partial charge < -0.3 is 5.32 Å². The first-order valence-corrected chi connectivity index (χ1v) is 9.15. The number of sulfone groups is 1. The largest absolute Gasteiger partial charge is 0.313 e. The van der Waals surface area contributed by atoms with E-state index in [1.54, 1.807) is 0 Å². The minimum atomic E-state index is -2.93. The number of aryl methyl sites for hydroxylation is 1. The molecule has 1 N–H and O–H groups in total. The van der Waals surface area contributed by atoms with Crippen molar-refractivity contribution in [1.82, 2.24) is 10.3 Å². The lowest BCUT2D eigenvalue weighted by molar-refractivity contribution is 0.282. The first-order chi connectivity index (χ1) is 9.41. The Balaban J connectivity index is 2.19. The second kappa shape index (κ2) is 6.22. The number of pyridine rings is 1. The summed E-state index contributed by atoms with van der Waals surface area (Å²) in [5.74, 6) is 0.358. The van der Waals surface area contributed by atoms with Crippen LogP contribution in [0.1, 0.15) is 42.9 Å². The molecule has 4 nitrogen and oxygen atoms in total. The molecule has 0 saturated heterocycles. The number of hydrogen-bond donors (Lipinski definition) is 1. The molecule has 20 heavy (non-hydrogen) atoms. The van der Waals surface area contributed by atoms with E-state index in [2.05, 4.69) is 16.4 Å². The van der Waals surface area contributed by atoms with E-state index in [4.69, 9.17) is 0 Å². The minimum absolute atomic E-state index is 0.185. The van der Waals surface area contributed by atoms with Crippen LogP contribution in [0.5, 0.6) is 0 Å². The van der Waals surface area contributed by atoms with Gasteiger partial charge >= 0.3 is 0 Å². The fraction of sp³-hybridized carbons (Fsp3) is 0.667. The fourth-order valence-corrected chi connectivity index (χ4v) is 4.49. The van der Waals surface area contributed by atoms with Crippen molar-refractivity contribution in [3.05, 3.63) is 29.6 Å². The van der Waals surface area contributed by atoms with Crippen LogP contribution >= 0.6 is 0 Å². The summed E-state index contributed by atoms with van der Waals surface area (Å²) in [5, 5.41) is 3.17. The molecule has 3 unspecified atom stereocenters. The molecule has 0 radical (unpaired) electrons. The van der Waals surface area contributed by atoms with Gasteiger partial charge in [0.15, 0.2) is 0 Å². The Kier molecular flexibility index (Phi) is 4.81. The zero-order valence-corrected chi connectivity index (χ0v) is 13.3. The molecule has 5 heteroatoms. The van der Waals surface area contributed by atoms with Crippen LogP contribution in [0.15, 0.2) is 18.5 Å². The van der Waals surface area contributed by atoms with E-state index in [1.165, 1.54) is 6.26 Å². The lowest BCUT2D eigenvalue weighted by Crippen LogP contribution is -2.34. The normalized spacial score (nSPS) is 25.4. The van der Waals surface area contributed by atoms with Gasteiger partial charge in [0.05, 0.1) is 5.25 Å². The molecule has 0 amide bonds. The number of aromatic nitrogens is 1. The van der Waals surface area contributed by atoms with Crippen LogP contribution in [0.25, 0.3) is 0 Å². The Bertz CT molecular complexity index is 557. The molecule has 1 aromatic heterocycles. The third-order valence-electron chi connectivity index (χ3n) is 4.31. The van der Waals surface area contributed by atoms with Gasteiger partial charge in [0, 0.05) is 24.7 Å². The predicted molar refractivity (Wildman–Crippen MR) is 81.4 cm³/mol. The SMILES string of the molecule is CNC(c1cncc(C)c1)C1CCCC(S(C)(=O)=O)C1. The van der Waals surface area contributed by atoms with E-state index in [0.717, 1.165) is 36.8 Å². The van der Waals surface area contributed by atoms with Crippen molar-refractivity contribution in [2.75, 3.05) is 13.3 Å². The highest BCUT2D eigenvalue weighted by atomic mass is 32.2. The van der Waals surface area contributed by atoms with Gasteiger partial charge in [-0.15, -0.1) is 0 Å². The highest BCUT2D eigenvalue weighted by Crippen LogP contribution is 2.36. The maximum absolute atomic E-state index is 11.8. The minimum Gasteiger partial charge on any atom is -0.313 e. The molecule has 0 bridgehead atoms. The summed E-state index contributed by atoms with van der Waals surface area (Å²) < 4.78 is 23.6. The zero-order valence-electron chi connectivity index (χ0n) is 12.5. The number of nitrogens with one attached hydrogen (secondary N) is 1. The average molecular weight is 296 g/mol. The summed E-state index contributed by atoms with van der Waals surface area (Å²) in [5.41, 5.74) is 2.30. The Hall–Kier alpha value is -0.940. The monoisotopic (exact) mass is 296 g/mol. The number of nitrogens with zero attached hydrogens (tertiary/aromatic N) is 1. The maximum Gasteiger partial charge on any atom is 0.150 e. The molecule has 0 aromatic carbocycles. The molecule has 3 atom stereocenters. The van der Waals surface area contributed by atoms with Gasteiger partial charge in [-0.05, 0) is 50.3 Å². The van der Waals surface area contributed by atoms with Gasteiger partial charge in [-0.3, -0.25) is 4.98 Å². The van der Waals surface area contributed by atoms with E-state index < -0.39 is 9.84 Å². The summed E-state index contributed by atoms with van der Waals surface area (Å²) in [4.78, 5) is 4.26. The van der Waals surface area contributed by atoms with E-state index >= 15 is 0 Å². The summed E-state index contributed by atoms with van der Waals surface area (Å²) >= 11 is 0. The van der Waals surface area contributed by atoms with Crippen LogP contribution in [0.4, 0.5) is 0 Å². The van der Waals surface area contributed by atoms with Crippen molar-refractivity contribution < 1.29 is 8.42 Å². The van der Waals surface area contributed by atoms with Gasteiger partial charge in [-0.2, -0.15) is 0 Å². The second-order valence-corrected chi connectivity index (χ2v) is 8.27. The molecule has 1 aliphatic carbocycles. The van der Waals surface area contributed by atoms with Crippen LogP contribution in [-0.2, 0) is 9.84 Å². The Morgan fingerprint density at radius 3 is 2.70 bits per heavy atom.